The summed E-state index contributed by atoms with van der Waals surface area (Å²) in [5, 5.41) is 106. The lowest BCUT2D eigenvalue weighted by molar-refractivity contribution is -0.874. The zero-order valence-corrected chi connectivity index (χ0v) is 67.7. The Morgan fingerprint density at radius 1 is 0.675 bits per heavy atom. The van der Waals surface area contributed by atoms with Gasteiger partial charge in [-0.1, -0.05) is 120 Å². The predicted octanol–water partition coefficient (Wildman–Crippen LogP) is -2.41. The number of aliphatic carboxylic acids is 1. The second-order valence-corrected chi connectivity index (χ2v) is 31.8. The van der Waals surface area contributed by atoms with E-state index in [1.807, 2.05) is 69.4 Å². The Bertz CT molecular complexity index is 3710. The highest BCUT2D eigenvalue weighted by atomic mass is 16.6. The second-order valence-electron chi connectivity index (χ2n) is 31.8. The lowest BCUT2D eigenvalue weighted by Crippen LogP contribution is -2.70. The number of likely N-dealkylation sites (N-methyl/N-ethyl adjacent to an activating group) is 1. The van der Waals surface area contributed by atoms with Gasteiger partial charge in [-0.05, 0) is 82.8 Å². The summed E-state index contributed by atoms with van der Waals surface area (Å²) in [5.41, 5.74) is 6.34. The maximum Gasteiger partial charge on any atom is 0.341 e. The van der Waals surface area contributed by atoms with E-state index in [1.165, 1.54) is 26.8 Å². The molecule has 9 amide bonds. The number of amides is 9. The minimum Gasteiger partial charge on any atom is -0.479 e. The van der Waals surface area contributed by atoms with Gasteiger partial charge in [0.05, 0.1) is 69.0 Å². The van der Waals surface area contributed by atoms with Crippen LogP contribution in [0.5, 0.6) is 0 Å². The van der Waals surface area contributed by atoms with Gasteiger partial charge in [0.15, 0.2) is 30.8 Å². The summed E-state index contributed by atoms with van der Waals surface area (Å²) in [6.07, 6.45) is 16.3. The summed E-state index contributed by atoms with van der Waals surface area (Å²) in [4.78, 5) is 163. The number of rotatable bonds is 19. The standard InChI is InChI=1S/C81H120N10O26/c1-42(2)50-35-55(96)52(40-92)88-76(105)51(87-78(107)67(81(110)111)90-77(106)56(97)39-86-79(108)68(48(8)93)91(9)41-112-72(73(82)102)70(101)66(80(91)109)89-75(50)104)38-85-74(103)47(7)83-32-33-84-64(98)28-20-19-22-43(3)34-44(4)71-60-31-30-49(113-71)23-15-11-10-12-16-24-53(94)69(100)63-36-54(95)45(5)57(115-63)26-21-27-58-46(6)61-37-62(114-58)59(116-61)25-17-13-14-18-29-65(99)117-60/h11,13-18,21,24-25,27,29-31,34,42-43,45-54,56-63,66-72,83,92-95,97,100-101H,10,12,19-20,22-23,26,28,32-33,35-41H2,1-9H3,(H9-,82,84,85,86,87,88,89,90,98,102,103,104,105,106,107,108,110,111)/p+1. The minimum absolute atomic E-state index is 0.000564. The molecule has 0 aromatic rings. The van der Waals surface area contributed by atoms with E-state index in [9.17, 15) is 98.4 Å². The molecule has 36 heteroatoms. The number of β-amino-alcohol motifs (C(OH)–C–C–N with tert-alkyl or cyclic N) is 1. The molecule has 18 N–H and O–H groups in total. The smallest absolute Gasteiger partial charge is 0.341 e. The van der Waals surface area contributed by atoms with Gasteiger partial charge in [-0.15, -0.1) is 0 Å². The first-order valence-corrected chi connectivity index (χ1v) is 40.2. The molecule has 0 aromatic carbocycles. The number of hydrogen-bond donors (Lipinski definition) is 17. The molecule has 36 nitrogen and oxygen atoms in total. The number of carboxylic acid groups (broad SMARTS) is 1. The molecule has 5 fully saturated rings. The van der Waals surface area contributed by atoms with Crippen molar-refractivity contribution in [3.05, 3.63) is 96.7 Å². The number of ether oxygens (including phenoxy) is 6. The molecule has 0 aliphatic carbocycles. The van der Waals surface area contributed by atoms with Crippen molar-refractivity contribution in [1.29, 1.82) is 0 Å². The van der Waals surface area contributed by atoms with Gasteiger partial charge in [-0.3, -0.25) is 43.2 Å². The molecule has 9 bridgehead atoms. The molecule has 117 heavy (non-hydrogen) atoms. The topological polar surface area (TPSA) is 544 Å². The van der Waals surface area contributed by atoms with Crippen molar-refractivity contribution in [1.82, 2.24) is 42.5 Å². The van der Waals surface area contributed by atoms with Gasteiger partial charge in [0.1, 0.15) is 54.8 Å². The Balaban J connectivity index is 0.929. The minimum atomic E-state index is -2.61. The van der Waals surface area contributed by atoms with Crippen LogP contribution >= 0.6 is 0 Å². The van der Waals surface area contributed by atoms with Crippen LogP contribution in [0.3, 0.4) is 0 Å². The summed E-state index contributed by atoms with van der Waals surface area (Å²) in [6.45, 7) is 9.44. The second kappa shape index (κ2) is 45.5. The SMILES string of the molecule is CC(=CC(C)CCCCC(=O)NCCNC(C)C(=O)NCC1NC(=O)C(C(=O)O)NC(=O)C(O)CNC(=O)C(C(C)O)[N+]2(C)COC(C(N)=O)C(O)C(NC(=O)C(C(C)C)CC(=O)C(CO)NC1=O)C2=O)C1OC2C=CC1OC(=O)C=CC=CC=CC1OC3CC1OC(C=CCC1OC(CC(O)C1C)C(O)C(O)C=CCCC=CC2)C3C. The lowest BCUT2D eigenvalue weighted by Gasteiger charge is -2.40. The van der Waals surface area contributed by atoms with E-state index in [2.05, 4.69) is 50.2 Å². The highest BCUT2D eigenvalue weighted by molar-refractivity contribution is 6.06. The Morgan fingerprint density at radius 3 is 2.09 bits per heavy atom. The fraction of sp³-hybridized carbons (Fsp3) is 0.654. The maximum absolute atomic E-state index is 14.6. The number of quaternary nitrogens is 1. The van der Waals surface area contributed by atoms with Crippen molar-refractivity contribution in [3.63, 3.8) is 0 Å². The number of carboxylic acids is 1. The van der Waals surface area contributed by atoms with Gasteiger partial charge < -0.3 is 118 Å². The number of fused-ring (bicyclic) bond motifs is 15. The molecule has 0 saturated carbocycles. The molecule has 0 radical (unpaired) electrons. The summed E-state index contributed by atoms with van der Waals surface area (Å²) in [7, 11) is 1.04. The van der Waals surface area contributed by atoms with Gasteiger partial charge >= 0.3 is 17.8 Å². The molecule has 27 atom stereocenters. The zero-order chi connectivity index (χ0) is 86.1. The van der Waals surface area contributed by atoms with Crippen LogP contribution < -0.4 is 48.3 Å². The van der Waals surface area contributed by atoms with Crippen LogP contribution in [0.25, 0.3) is 0 Å². The third-order valence-corrected chi connectivity index (χ3v) is 22.3. The van der Waals surface area contributed by atoms with E-state index < -0.39 is 218 Å². The lowest BCUT2D eigenvalue weighted by atomic mass is 9.85. The van der Waals surface area contributed by atoms with Crippen molar-refractivity contribution in [2.24, 2.45) is 35.3 Å². The first-order valence-electron chi connectivity index (χ1n) is 40.2. The number of Topliss-reactive ketones (excluding diaryl/α,β-unsaturated/α-hetero) is 1. The first-order chi connectivity index (χ1) is 55.4. The maximum atomic E-state index is 14.6. The van der Waals surface area contributed by atoms with Crippen molar-refractivity contribution in [3.8, 4) is 0 Å². The van der Waals surface area contributed by atoms with Crippen molar-refractivity contribution in [2.75, 3.05) is 46.6 Å². The molecule has 8 rings (SSSR count). The van der Waals surface area contributed by atoms with Crippen LogP contribution in [-0.4, -0.2) is 297 Å². The fourth-order valence-corrected chi connectivity index (χ4v) is 15.1. The molecule has 650 valence electrons. The number of allylic oxidation sites excluding steroid dienone is 7. The van der Waals surface area contributed by atoms with Gasteiger partial charge in [-0.25, -0.2) is 18.9 Å². The number of carbonyl (C=O) groups is 12. The van der Waals surface area contributed by atoms with E-state index in [0.29, 0.717) is 44.9 Å². The van der Waals surface area contributed by atoms with Crippen LogP contribution in [0.1, 0.15) is 126 Å². The normalized spacial score (nSPS) is 35.3. The highest BCUT2D eigenvalue weighted by Crippen LogP contribution is 2.39. The van der Waals surface area contributed by atoms with Crippen LogP contribution in [0.15, 0.2) is 96.7 Å². The molecular weight excluding hydrogens is 1530 g/mol. The van der Waals surface area contributed by atoms with E-state index in [0.717, 1.165) is 26.0 Å². The van der Waals surface area contributed by atoms with Crippen LogP contribution in [0.4, 0.5) is 0 Å². The Kier molecular flexibility index (Phi) is 37.2. The largest absolute Gasteiger partial charge is 0.479 e. The number of nitrogens with one attached hydrogen (secondary N) is 8. The van der Waals surface area contributed by atoms with Crippen LogP contribution in [0, 0.1) is 29.6 Å². The number of ketones is 1. The van der Waals surface area contributed by atoms with Gasteiger partial charge in [0.25, 0.3) is 17.7 Å². The van der Waals surface area contributed by atoms with Crippen LogP contribution in [-0.2, 0) is 86.0 Å². The number of nitrogens with two attached hydrogens (primary N) is 1. The number of aliphatic hydroxyl groups excluding tert-OH is 7. The Labute approximate surface area is 680 Å². The number of aliphatic hydroxyl groups is 7. The number of carbonyl (C=O) groups excluding carboxylic acids is 11. The third kappa shape index (κ3) is 27.2. The summed E-state index contributed by atoms with van der Waals surface area (Å²) in [5.74, 6) is -16.6. The Hall–Kier alpha value is -8.60. The fourth-order valence-electron chi connectivity index (χ4n) is 15.1. The molecule has 8 aliphatic heterocycles. The Morgan fingerprint density at radius 2 is 1.38 bits per heavy atom. The van der Waals surface area contributed by atoms with E-state index in [1.54, 1.807) is 35.7 Å². The molecule has 8 aliphatic rings. The monoisotopic (exact) mass is 1650 g/mol. The molecular formula is C81H121N10O26+. The van der Waals surface area contributed by atoms with Gasteiger partial charge in [-0.2, -0.15) is 0 Å². The number of hydrogen-bond acceptors (Lipinski definition) is 26. The van der Waals surface area contributed by atoms with Crippen molar-refractivity contribution >= 4 is 70.9 Å². The average Bonchev–Trinajstić information content (AvgIpc) is 1.69. The molecule has 0 spiro atoms. The molecule has 27 unspecified atom stereocenters. The summed E-state index contributed by atoms with van der Waals surface area (Å²) >= 11 is 0. The number of unbranched alkanes of at least 4 members (excludes halogenated alkanes) is 1. The summed E-state index contributed by atoms with van der Waals surface area (Å²) in [6, 6.07) is -11.7. The van der Waals surface area contributed by atoms with Gasteiger partial charge in [0, 0.05) is 69.1 Å². The van der Waals surface area contributed by atoms with E-state index >= 15 is 0 Å². The highest BCUT2D eigenvalue weighted by Gasteiger charge is 2.57. The van der Waals surface area contributed by atoms with Crippen molar-refractivity contribution < 1.29 is 131 Å². The van der Waals surface area contributed by atoms with E-state index in [-0.39, 0.29) is 80.1 Å². The quantitative estimate of drug-likeness (QED) is 0.0210. The number of nitrogens with zero attached hydrogens (tertiary/aromatic N) is 1. The third-order valence-electron chi connectivity index (χ3n) is 22.3. The molecule has 5 saturated heterocycles. The number of primary amides is 1. The molecule has 8 heterocycles. The van der Waals surface area contributed by atoms with Crippen molar-refractivity contribution in [2.45, 2.75) is 260 Å². The van der Waals surface area contributed by atoms with Gasteiger partial charge in [0.2, 0.25) is 41.6 Å². The summed E-state index contributed by atoms with van der Waals surface area (Å²) < 4.78 is 36.0. The van der Waals surface area contributed by atoms with E-state index in [4.69, 9.17) is 34.2 Å². The zero-order valence-electron chi connectivity index (χ0n) is 67.7. The number of esters is 1. The van der Waals surface area contributed by atoms with Crippen LogP contribution in [0.2, 0.25) is 0 Å². The average molecular weight is 1650 g/mol. The first kappa shape index (κ1) is 95.5. The molecule has 0 aromatic heterocycles. The predicted molar refractivity (Wildman–Crippen MR) is 418 cm³/mol.